The van der Waals surface area contributed by atoms with E-state index in [9.17, 15) is 14.0 Å². The molecule has 2 aromatic rings. The number of methoxy groups -OCH3 is 2. The Morgan fingerprint density at radius 3 is 2.61 bits per heavy atom. The summed E-state index contributed by atoms with van der Waals surface area (Å²) >= 11 is 0. The number of carbonyl (C=O) groups excluding carboxylic acids is 2. The molecule has 0 radical (unpaired) electrons. The van der Waals surface area contributed by atoms with Crippen molar-refractivity contribution in [2.24, 2.45) is 5.92 Å². The lowest BCUT2D eigenvalue weighted by atomic mass is 10.1. The molecule has 2 amide bonds. The molecule has 3 rings (SSSR count). The molecule has 0 aliphatic carbocycles. The minimum absolute atomic E-state index is 0.0557. The van der Waals surface area contributed by atoms with Crippen molar-refractivity contribution in [2.45, 2.75) is 12.8 Å². The number of hydrogen-bond donors (Lipinski definition) is 1. The van der Waals surface area contributed by atoms with Gasteiger partial charge in [0.15, 0.2) is 0 Å². The maximum atomic E-state index is 13.0. The van der Waals surface area contributed by atoms with Crippen LogP contribution in [0.1, 0.15) is 12.0 Å². The molecule has 1 heterocycles. The number of carbonyl (C=O) groups is 2. The van der Waals surface area contributed by atoms with Gasteiger partial charge >= 0.3 is 0 Å². The van der Waals surface area contributed by atoms with E-state index in [4.69, 9.17) is 9.47 Å². The monoisotopic (exact) mass is 386 g/mol. The molecular formula is C21H23FN2O4. The lowest BCUT2D eigenvalue weighted by Gasteiger charge is -2.17. The maximum absolute atomic E-state index is 13.0. The van der Waals surface area contributed by atoms with Crippen LogP contribution in [-0.4, -0.2) is 44.0 Å². The minimum Gasteiger partial charge on any atom is -0.497 e. The van der Waals surface area contributed by atoms with Crippen molar-refractivity contribution in [2.75, 3.05) is 32.6 Å². The summed E-state index contributed by atoms with van der Waals surface area (Å²) in [7, 11) is 3.07. The van der Waals surface area contributed by atoms with Crippen LogP contribution < -0.4 is 14.8 Å². The van der Waals surface area contributed by atoms with Gasteiger partial charge in [-0.05, 0) is 36.2 Å². The molecule has 0 aromatic heterocycles. The van der Waals surface area contributed by atoms with E-state index in [-0.39, 0.29) is 24.1 Å². The second kappa shape index (κ2) is 8.73. The Labute approximate surface area is 163 Å². The van der Waals surface area contributed by atoms with E-state index in [0.717, 1.165) is 5.56 Å². The first-order valence-electron chi connectivity index (χ1n) is 9.05. The highest BCUT2D eigenvalue weighted by Gasteiger charge is 2.34. The van der Waals surface area contributed by atoms with Gasteiger partial charge in [-0.15, -0.1) is 0 Å². The van der Waals surface area contributed by atoms with Crippen LogP contribution in [0.5, 0.6) is 11.5 Å². The molecule has 1 N–H and O–H groups in total. The van der Waals surface area contributed by atoms with Crippen LogP contribution in [0.4, 0.5) is 10.1 Å². The second-order valence-electron chi connectivity index (χ2n) is 6.67. The summed E-state index contributed by atoms with van der Waals surface area (Å²) < 4.78 is 23.4. The fourth-order valence-corrected chi connectivity index (χ4v) is 3.23. The Morgan fingerprint density at radius 1 is 1.18 bits per heavy atom. The molecule has 1 aliphatic rings. The third-order valence-corrected chi connectivity index (χ3v) is 4.83. The Balaban J connectivity index is 1.60. The molecule has 0 spiro atoms. The van der Waals surface area contributed by atoms with Gasteiger partial charge in [0.2, 0.25) is 11.8 Å². The summed E-state index contributed by atoms with van der Waals surface area (Å²) in [5.74, 6) is 0.109. The van der Waals surface area contributed by atoms with Crippen molar-refractivity contribution in [1.82, 2.24) is 4.90 Å². The van der Waals surface area contributed by atoms with Crippen molar-refractivity contribution in [3.63, 3.8) is 0 Å². The van der Waals surface area contributed by atoms with E-state index in [1.54, 1.807) is 42.3 Å². The Morgan fingerprint density at radius 2 is 1.93 bits per heavy atom. The lowest BCUT2D eigenvalue weighted by molar-refractivity contribution is -0.128. The topological polar surface area (TPSA) is 67.9 Å². The fraction of sp³-hybridized carbons (Fsp3) is 0.333. The van der Waals surface area contributed by atoms with E-state index >= 15 is 0 Å². The summed E-state index contributed by atoms with van der Waals surface area (Å²) in [6.07, 6.45) is 0.783. The zero-order valence-corrected chi connectivity index (χ0v) is 15.9. The number of anilines is 1. The van der Waals surface area contributed by atoms with Gasteiger partial charge in [0.25, 0.3) is 0 Å². The Bertz CT molecular complexity index is 854. The number of rotatable bonds is 7. The first-order valence-corrected chi connectivity index (χ1v) is 9.05. The van der Waals surface area contributed by atoms with Gasteiger partial charge in [-0.25, -0.2) is 4.39 Å². The molecule has 2 aromatic carbocycles. The van der Waals surface area contributed by atoms with Crippen LogP contribution in [0.15, 0.2) is 42.5 Å². The highest BCUT2D eigenvalue weighted by molar-refractivity contribution is 5.98. The molecule has 148 valence electrons. The van der Waals surface area contributed by atoms with Gasteiger partial charge in [0.1, 0.15) is 17.3 Å². The molecule has 7 heteroatoms. The smallest absolute Gasteiger partial charge is 0.229 e. The number of amides is 2. The summed E-state index contributed by atoms with van der Waals surface area (Å²) in [5, 5.41) is 2.83. The predicted octanol–water partition coefficient (Wildman–Crippen LogP) is 2.87. The predicted molar refractivity (Wildman–Crippen MR) is 103 cm³/mol. The molecule has 6 nitrogen and oxygen atoms in total. The van der Waals surface area contributed by atoms with E-state index in [1.165, 1.54) is 19.2 Å². The average molecular weight is 386 g/mol. The number of benzene rings is 2. The van der Waals surface area contributed by atoms with Crippen molar-refractivity contribution < 1.29 is 23.5 Å². The van der Waals surface area contributed by atoms with E-state index in [0.29, 0.717) is 36.7 Å². The van der Waals surface area contributed by atoms with E-state index in [1.807, 2.05) is 0 Å². The Hall–Kier alpha value is -3.09. The number of halogens is 1. The van der Waals surface area contributed by atoms with E-state index in [2.05, 4.69) is 5.32 Å². The van der Waals surface area contributed by atoms with Crippen molar-refractivity contribution in [3.8, 4) is 11.5 Å². The number of ether oxygens (including phenoxy) is 2. The summed E-state index contributed by atoms with van der Waals surface area (Å²) in [6, 6.07) is 11.3. The standard InChI is InChI=1S/C21H23FN2O4/c1-27-17-7-8-19(28-2)18(12-17)23-21(26)15-11-20(25)24(13-15)10-9-14-3-5-16(22)6-4-14/h3-8,12,15H,9-11,13H2,1-2H3,(H,23,26)/t15-/m0/s1. The van der Waals surface area contributed by atoms with Gasteiger partial charge in [-0.1, -0.05) is 12.1 Å². The van der Waals surface area contributed by atoms with Crippen LogP contribution in [0.3, 0.4) is 0 Å². The molecule has 28 heavy (non-hydrogen) atoms. The molecule has 0 saturated carbocycles. The number of nitrogens with zero attached hydrogens (tertiary/aromatic N) is 1. The second-order valence-corrected chi connectivity index (χ2v) is 6.67. The third-order valence-electron chi connectivity index (χ3n) is 4.83. The zero-order valence-electron chi connectivity index (χ0n) is 15.9. The van der Waals surface area contributed by atoms with Crippen LogP contribution >= 0.6 is 0 Å². The van der Waals surface area contributed by atoms with E-state index < -0.39 is 5.92 Å². The molecule has 0 bridgehead atoms. The van der Waals surface area contributed by atoms with Gasteiger partial charge < -0.3 is 19.7 Å². The van der Waals surface area contributed by atoms with Gasteiger partial charge in [-0.3, -0.25) is 9.59 Å². The molecule has 1 saturated heterocycles. The largest absolute Gasteiger partial charge is 0.497 e. The molecule has 1 fully saturated rings. The highest BCUT2D eigenvalue weighted by Crippen LogP contribution is 2.30. The third kappa shape index (κ3) is 4.60. The zero-order chi connectivity index (χ0) is 20.1. The van der Waals surface area contributed by atoms with Crippen LogP contribution in [-0.2, 0) is 16.0 Å². The quantitative estimate of drug-likeness (QED) is 0.795. The first-order chi connectivity index (χ1) is 13.5. The van der Waals surface area contributed by atoms with Crippen molar-refractivity contribution in [3.05, 3.63) is 53.8 Å². The minimum atomic E-state index is -0.434. The van der Waals surface area contributed by atoms with Crippen molar-refractivity contribution in [1.29, 1.82) is 0 Å². The SMILES string of the molecule is COc1ccc(OC)c(NC(=O)[C@H]2CC(=O)N(CCc3ccc(F)cc3)C2)c1. The molecule has 0 unspecified atom stereocenters. The van der Waals surface area contributed by atoms with Gasteiger partial charge in [0.05, 0.1) is 25.8 Å². The molecule has 1 atom stereocenters. The summed E-state index contributed by atoms with van der Waals surface area (Å²) in [5.41, 5.74) is 1.45. The Kier molecular flexibility index (Phi) is 6.13. The highest BCUT2D eigenvalue weighted by atomic mass is 19.1. The fourth-order valence-electron chi connectivity index (χ4n) is 3.23. The van der Waals surface area contributed by atoms with Gasteiger partial charge in [-0.2, -0.15) is 0 Å². The number of hydrogen-bond acceptors (Lipinski definition) is 4. The van der Waals surface area contributed by atoms with Crippen molar-refractivity contribution >= 4 is 17.5 Å². The number of likely N-dealkylation sites (tertiary alicyclic amines) is 1. The first kappa shape index (κ1) is 19.7. The molecule has 1 aliphatic heterocycles. The normalized spacial score (nSPS) is 16.2. The van der Waals surface area contributed by atoms with Gasteiger partial charge in [0, 0.05) is 25.6 Å². The lowest BCUT2D eigenvalue weighted by Crippen LogP contribution is -2.30. The maximum Gasteiger partial charge on any atom is 0.229 e. The van der Waals surface area contributed by atoms with Crippen LogP contribution in [0.2, 0.25) is 0 Å². The van der Waals surface area contributed by atoms with Crippen LogP contribution in [0, 0.1) is 11.7 Å². The molecular weight excluding hydrogens is 363 g/mol. The van der Waals surface area contributed by atoms with Crippen LogP contribution in [0.25, 0.3) is 0 Å². The average Bonchev–Trinajstić information content (AvgIpc) is 3.08. The number of nitrogens with one attached hydrogen (secondary N) is 1. The summed E-state index contributed by atoms with van der Waals surface area (Å²) in [4.78, 5) is 26.6. The summed E-state index contributed by atoms with van der Waals surface area (Å²) in [6.45, 7) is 0.856.